The molecule has 0 N–H and O–H groups in total. The summed E-state index contributed by atoms with van der Waals surface area (Å²) in [6, 6.07) is 5.50. The van der Waals surface area contributed by atoms with Gasteiger partial charge in [-0.3, -0.25) is 4.79 Å². The summed E-state index contributed by atoms with van der Waals surface area (Å²) < 4.78 is 19.0. The van der Waals surface area contributed by atoms with Gasteiger partial charge >= 0.3 is 5.97 Å². The van der Waals surface area contributed by atoms with E-state index in [0.717, 1.165) is 36.8 Å². The third-order valence-corrected chi connectivity index (χ3v) is 4.20. The van der Waals surface area contributed by atoms with Gasteiger partial charge in [0.15, 0.2) is 0 Å². The molecule has 0 bridgehead atoms. The summed E-state index contributed by atoms with van der Waals surface area (Å²) in [6.45, 7) is 4.18. The molecule has 1 aromatic rings. The van der Waals surface area contributed by atoms with E-state index in [1.807, 2.05) is 26.0 Å². The van der Waals surface area contributed by atoms with Crippen LogP contribution in [-0.4, -0.2) is 12.6 Å². The van der Waals surface area contributed by atoms with E-state index < -0.39 is 0 Å². The third kappa shape index (κ3) is 3.81. The van der Waals surface area contributed by atoms with E-state index >= 15 is 0 Å². The second kappa shape index (κ2) is 6.87. The van der Waals surface area contributed by atoms with E-state index in [0.29, 0.717) is 24.9 Å². The topological polar surface area (TPSA) is 26.3 Å². The van der Waals surface area contributed by atoms with Crippen LogP contribution in [0, 0.1) is 18.7 Å². The van der Waals surface area contributed by atoms with Crippen molar-refractivity contribution in [3.8, 4) is 0 Å². The van der Waals surface area contributed by atoms with Crippen LogP contribution in [0.5, 0.6) is 0 Å². The Morgan fingerprint density at radius 3 is 2.60 bits per heavy atom. The predicted molar refractivity (Wildman–Crippen MR) is 77.1 cm³/mol. The molecule has 0 atom stereocenters. The van der Waals surface area contributed by atoms with Crippen molar-refractivity contribution in [2.24, 2.45) is 5.92 Å². The highest BCUT2D eigenvalue weighted by atomic mass is 19.1. The molecule has 3 heteroatoms. The van der Waals surface area contributed by atoms with Crippen LogP contribution in [0.25, 0.3) is 0 Å². The third-order valence-electron chi connectivity index (χ3n) is 4.20. The molecule has 1 aromatic carbocycles. The van der Waals surface area contributed by atoms with Gasteiger partial charge in [-0.05, 0) is 68.6 Å². The normalized spacial score (nSPS) is 22.6. The highest BCUT2D eigenvalue weighted by Gasteiger charge is 2.25. The highest BCUT2D eigenvalue weighted by molar-refractivity contribution is 5.69. The zero-order chi connectivity index (χ0) is 14.5. The van der Waals surface area contributed by atoms with Crippen molar-refractivity contribution < 1.29 is 13.9 Å². The maximum Gasteiger partial charge on any atom is 0.306 e. The van der Waals surface area contributed by atoms with Gasteiger partial charge < -0.3 is 4.74 Å². The lowest BCUT2D eigenvalue weighted by molar-refractivity contribution is -0.144. The molecule has 0 radical (unpaired) electrons. The van der Waals surface area contributed by atoms with E-state index in [-0.39, 0.29) is 11.8 Å². The lowest BCUT2D eigenvalue weighted by Crippen LogP contribution is -2.18. The summed E-state index contributed by atoms with van der Waals surface area (Å²) in [4.78, 5) is 11.5. The van der Waals surface area contributed by atoms with E-state index in [4.69, 9.17) is 4.74 Å². The van der Waals surface area contributed by atoms with Crippen molar-refractivity contribution in [3.05, 3.63) is 35.1 Å². The molecular formula is C17H23FO2. The average molecular weight is 278 g/mol. The van der Waals surface area contributed by atoms with Crippen LogP contribution in [-0.2, 0) is 9.53 Å². The van der Waals surface area contributed by atoms with Crippen molar-refractivity contribution in [2.75, 3.05) is 6.61 Å². The maximum absolute atomic E-state index is 14.0. The quantitative estimate of drug-likeness (QED) is 0.765. The van der Waals surface area contributed by atoms with Crippen molar-refractivity contribution in [3.63, 3.8) is 0 Å². The number of rotatable bonds is 4. The Hall–Kier alpha value is -1.38. The SMILES string of the molecule is CCOC(=O)CC1CCC(c2ccc(C)cc2F)CC1. The predicted octanol–water partition coefficient (Wildman–Crippen LogP) is 4.36. The summed E-state index contributed by atoms with van der Waals surface area (Å²) in [5, 5.41) is 0. The van der Waals surface area contributed by atoms with Crippen molar-refractivity contribution in [1.82, 2.24) is 0 Å². The lowest BCUT2D eigenvalue weighted by atomic mass is 9.77. The largest absolute Gasteiger partial charge is 0.466 e. The van der Waals surface area contributed by atoms with Crippen LogP contribution < -0.4 is 0 Å². The van der Waals surface area contributed by atoms with E-state index in [9.17, 15) is 9.18 Å². The molecule has 1 aliphatic rings. The van der Waals surface area contributed by atoms with Gasteiger partial charge in [-0.15, -0.1) is 0 Å². The molecule has 1 aliphatic carbocycles. The number of carbonyl (C=O) groups is 1. The van der Waals surface area contributed by atoms with Gasteiger partial charge in [-0.1, -0.05) is 12.1 Å². The van der Waals surface area contributed by atoms with E-state index in [1.54, 1.807) is 6.07 Å². The number of esters is 1. The van der Waals surface area contributed by atoms with E-state index in [1.165, 1.54) is 0 Å². The fourth-order valence-corrected chi connectivity index (χ4v) is 3.10. The van der Waals surface area contributed by atoms with Crippen LogP contribution >= 0.6 is 0 Å². The maximum atomic E-state index is 14.0. The van der Waals surface area contributed by atoms with Crippen LogP contribution in [0.3, 0.4) is 0 Å². The zero-order valence-electron chi connectivity index (χ0n) is 12.3. The standard InChI is InChI=1S/C17H23FO2/c1-3-20-17(19)11-13-5-7-14(8-6-13)15-9-4-12(2)10-16(15)18/h4,9-10,13-14H,3,5-8,11H2,1-2H3. The lowest BCUT2D eigenvalue weighted by Gasteiger charge is -2.28. The Bertz CT molecular complexity index is 462. The van der Waals surface area contributed by atoms with Gasteiger partial charge in [0, 0.05) is 6.42 Å². The Kier molecular flexibility index (Phi) is 5.16. The number of benzene rings is 1. The molecule has 2 nitrogen and oxygen atoms in total. The number of hydrogen-bond donors (Lipinski definition) is 0. The Morgan fingerprint density at radius 2 is 2.00 bits per heavy atom. The molecular weight excluding hydrogens is 255 g/mol. The summed E-state index contributed by atoms with van der Waals surface area (Å²) in [5.41, 5.74) is 1.80. The monoisotopic (exact) mass is 278 g/mol. The van der Waals surface area contributed by atoms with Crippen molar-refractivity contribution >= 4 is 5.97 Å². The van der Waals surface area contributed by atoms with Gasteiger partial charge in [0.1, 0.15) is 5.82 Å². The number of carbonyl (C=O) groups excluding carboxylic acids is 1. The van der Waals surface area contributed by atoms with Crippen LogP contribution in [0.1, 0.15) is 56.1 Å². The zero-order valence-corrected chi connectivity index (χ0v) is 12.3. The van der Waals surface area contributed by atoms with Crippen molar-refractivity contribution in [2.45, 2.75) is 51.9 Å². The smallest absolute Gasteiger partial charge is 0.306 e. The minimum absolute atomic E-state index is 0.0844. The van der Waals surface area contributed by atoms with Gasteiger partial charge in [0.05, 0.1) is 6.61 Å². The molecule has 0 saturated heterocycles. The molecule has 0 heterocycles. The van der Waals surface area contributed by atoms with Gasteiger partial charge in [0.25, 0.3) is 0 Å². The fourth-order valence-electron chi connectivity index (χ4n) is 3.10. The van der Waals surface area contributed by atoms with Crippen LogP contribution in [0.2, 0.25) is 0 Å². The second-order valence-corrected chi connectivity index (χ2v) is 5.75. The first-order valence-electron chi connectivity index (χ1n) is 7.51. The van der Waals surface area contributed by atoms with E-state index in [2.05, 4.69) is 0 Å². The summed E-state index contributed by atoms with van der Waals surface area (Å²) >= 11 is 0. The number of aryl methyl sites for hydroxylation is 1. The summed E-state index contributed by atoms with van der Waals surface area (Å²) in [5.74, 6) is 0.518. The molecule has 110 valence electrons. The molecule has 2 rings (SSSR count). The van der Waals surface area contributed by atoms with Crippen molar-refractivity contribution in [1.29, 1.82) is 0 Å². The van der Waals surface area contributed by atoms with Crippen LogP contribution in [0.4, 0.5) is 4.39 Å². The number of hydrogen-bond acceptors (Lipinski definition) is 2. The Labute approximate surface area is 120 Å². The first-order chi connectivity index (χ1) is 9.60. The first-order valence-corrected chi connectivity index (χ1v) is 7.51. The van der Waals surface area contributed by atoms with Gasteiger partial charge in [0.2, 0.25) is 0 Å². The molecule has 20 heavy (non-hydrogen) atoms. The summed E-state index contributed by atoms with van der Waals surface area (Å²) in [7, 11) is 0. The molecule has 0 unspecified atom stereocenters. The molecule has 1 fully saturated rings. The minimum Gasteiger partial charge on any atom is -0.466 e. The molecule has 1 saturated carbocycles. The van der Waals surface area contributed by atoms with Gasteiger partial charge in [-0.25, -0.2) is 4.39 Å². The number of ether oxygens (including phenoxy) is 1. The number of halogens is 1. The second-order valence-electron chi connectivity index (χ2n) is 5.75. The minimum atomic E-state index is -0.0996. The fraction of sp³-hybridized carbons (Fsp3) is 0.588. The van der Waals surface area contributed by atoms with Crippen LogP contribution in [0.15, 0.2) is 18.2 Å². The highest BCUT2D eigenvalue weighted by Crippen LogP contribution is 2.38. The Balaban J connectivity index is 1.89. The molecule has 0 aliphatic heterocycles. The molecule has 0 aromatic heterocycles. The molecule has 0 amide bonds. The summed E-state index contributed by atoms with van der Waals surface area (Å²) in [6.07, 6.45) is 4.40. The first kappa shape index (κ1) is 15.0. The molecule has 0 spiro atoms. The van der Waals surface area contributed by atoms with Gasteiger partial charge in [-0.2, -0.15) is 0 Å². The Morgan fingerprint density at radius 1 is 1.30 bits per heavy atom. The average Bonchev–Trinajstić information content (AvgIpc) is 2.40.